The first-order valence-corrected chi connectivity index (χ1v) is 9.59. The second-order valence-electron chi connectivity index (χ2n) is 7.68. The van der Waals surface area contributed by atoms with Gasteiger partial charge in [0.05, 0.1) is 6.61 Å². The second-order valence-corrected chi connectivity index (χ2v) is 7.68. The monoisotopic (exact) mass is 366 g/mol. The number of allylic oxidation sites excluding steroid dienone is 3. The van der Waals surface area contributed by atoms with Crippen LogP contribution in [0.5, 0.6) is 0 Å². The predicted molar refractivity (Wildman–Crippen MR) is 122 cm³/mol. The van der Waals surface area contributed by atoms with E-state index in [0.29, 0.717) is 5.41 Å². The number of methoxy groups -OCH3 is 1. The fraction of sp³-hybridized carbons (Fsp3) is 0.385. The van der Waals surface area contributed by atoms with E-state index in [9.17, 15) is 0 Å². The van der Waals surface area contributed by atoms with Gasteiger partial charge in [0, 0.05) is 7.11 Å². The van der Waals surface area contributed by atoms with Crippen molar-refractivity contribution in [1.29, 1.82) is 0 Å². The van der Waals surface area contributed by atoms with Crippen molar-refractivity contribution < 1.29 is 4.74 Å². The van der Waals surface area contributed by atoms with Crippen LogP contribution in [0.2, 0.25) is 0 Å². The summed E-state index contributed by atoms with van der Waals surface area (Å²) in [5.74, 6) is 0. The van der Waals surface area contributed by atoms with Crippen LogP contribution in [-0.2, 0) is 11.2 Å². The Morgan fingerprint density at radius 1 is 1.00 bits per heavy atom. The van der Waals surface area contributed by atoms with Gasteiger partial charge in [0.1, 0.15) is 0 Å². The molecule has 148 valence electrons. The van der Waals surface area contributed by atoms with Gasteiger partial charge in [-0.2, -0.15) is 0 Å². The van der Waals surface area contributed by atoms with Gasteiger partial charge < -0.3 is 4.74 Å². The molecule has 27 heavy (non-hydrogen) atoms. The van der Waals surface area contributed by atoms with Crippen molar-refractivity contribution in [2.75, 3.05) is 13.7 Å². The Balaban J connectivity index is 0.000000387. The lowest BCUT2D eigenvalue weighted by Gasteiger charge is -2.09. The quantitative estimate of drug-likeness (QED) is 0.509. The van der Waals surface area contributed by atoms with Crippen LogP contribution in [0.1, 0.15) is 51.3 Å². The van der Waals surface area contributed by atoms with E-state index in [0.717, 1.165) is 18.6 Å². The van der Waals surface area contributed by atoms with Crippen LogP contribution in [0.3, 0.4) is 0 Å². The van der Waals surface area contributed by atoms with E-state index < -0.39 is 0 Å². The van der Waals surface area contributed by atoms with Crippen molar-refractivity contribution >= 4 is 5.57 Å². The van der Waals surface area contributed by atoms with Crippen molar-refractivity contribution in [3.8, 4) is 0 Å². The highest BCUT2D eigenvalue weighted by atomic mass is 16.5. The summed E-state index contributed by atoms with van der Waals surface area (Å²) >= 11 is 0. The standard InChI is InChI=1S/C10H14O.C9H10.C7H14/c1-9-5-3-4-6-10(9)7-8-11-2;1-8(2)9-6-4-3-5-7-9;1-5-6-7(2,3)4/h3-6H,7-8H2,1-2H3;3-7H,1H2,2H3;5-6H,1-4H3/b;;6-5+. The first-order valence-electron chi connectivity index (χ1n) is 9.59. The SMILES string of the molecule is C/C=C/C(C)(C)C.C=C(C)c1ccccc1.COCCc1ccccc1C. The number of hydrogen-bond acceptors (Lipinski definition) is 1. The zero-order chi connectivity index (χ0) is 20.7. The maximum absolute atomic E-state index is 5.00. The minimum atomic E-state index is 0.370. The lowest BCUT2D eigenvalue weighted by atomic mass is 9.97. The zero-order valence-corrected chi connectivity index (χ0v) is 18.4. The van der Waals surface area contributed by atoms with Crippen LogP contribution in [0.15, 0.2) is 73.3 Å². The summed E-state index contributed by atoms with van der Waals surface area (Å²) in [4.78, 5) is 0. The lowest BCUT2D eigenvalue weighted by Crippen LogP contribution is -1.97. The molecule has 1 nitrogen and oxygen atoms in total. The average molecular weight is 367 g/mol. The van der Waals surface area contributed by atoms with E-state index in [1.54, 1.807) is 7.11 Å². The van der Waals surface area contributed by atoms with Crippen LogP contribution in [0.4, 0.5) is 0 Å². The summed E-state index contributed by atoms with van der Waals surface area (Å²) in [6.45, 7) is 17.4. The van der Waals surface area contributed by atoms with Crippen LogP contribution in [0, 0.1) is 12.3 Å². The minimum absolute atomic E-state index is 0.370. The highest BCUT2D eigenvalue weighted by molar-refractivity contribution is 5.60. The van der Waals surface area contributed by atoms with Crippen molar-refractivity contribution in [2.45, 2.75) is 48.0 Å². The molecule has 0 aliphatic rings. The molecule has 0 N–H and O–H groups in total. The Hall–Kier alpha value is -2.12. The Labute approximate surface area is 167 Å². The zero-order valence-electron chi connectivity index (χ0n) is 18.4. The maximum atomic E-state index is 5.00. The molecule has 1 heteroatoms. The first-order chi connectivity index (χ1) is 12.7. The molecule has 0 fully saturated rings. The average Bonchev–Trinajstić information content (AvgIpc) is 2.62. The first kappa shape index (κ1) is 24.9. The largest absolute Gasteiger partial charge is 0.384 e. The van der Waals surface area contributed by atoms with Crippen LogP contribution in [-0.4, -0.2) is 13.7 Å². The van der Waals surface area contributed by atoms with Gasteiger partial charge in [-0.15, -0.1) is 0 Å². The molecule has 0 saturated heterocycles. The van der Waals surface area contributed by atoms with E-state index >= 15 is 0 Å². The Morgan fingerprint density at radius 2 is 1.56 bits per heavy atom. The summed E-state index contributed by atoms with van der Waals surface area (Å²) in [7, 11) is 1.73. The van der Waals surface area contributed by atoms with Crippen molar-refractivity contribution in [3.63, 3.8) is 0 Å². The molecule has 0 bridgehead atoms. The van der Waals surface area contributed by atoms with E-state index in [1.165, 1.54) is 16.7 Å². The summed E-state index contributed by atoms with van der Waals surface area (Å²) in [6, 6.07) is 18.6. The van der Waals surface area contributed by atoms with Gasteiger partial charge in [0.25, 0.3) is 0 Å². The molecule has 0 aliphatic carbocycles. The molecular formula is C26H38O. The Bertz CT molecular complexity index is 660. The third-order valence-electron chi connectivity index (χ3n) is 3.77. The van der Waals surface area contributed by atoms with Gasteiger partial charge in [0.2, 0.25) is 0 Å². The summed E-state index contributed by atoms with van der Waals surface area (Å²) < 4.78 is 5.00. The van der Waals surface area contributed by atoms with Crippen molar-refractivity contribution in [2.24, 2.45) is 5.41 Å². The molecule has 0 atom stereocenters. The second kappa shape index (κ2) is 14.0. The molecule has 2 aromatic rings. The summed E-state index contributed by atoms with van der Waals surface area (Å²) in [6.07, 6.45) is 5.29. The van der Waals surface area contributed by atoms with Gasteiger partial charge in [-0.3, -0.25) is 0 Å². The van der Waals surface area contributed by atoms with Crippen LogP contribution >= 0.6 is 0 Å². The molecule has 0 radical (unpaired) electrons. The minimum Gasteiger partial charge on any atom is -0.384 e. The van der Waals surface area contributed by atoms with Gasteiger partial charge >= 0.3 is 0 Å². The maximum Gasteiger partial charge on any atom is 0.0502 e. The highest BCUT2D eigenvalue weighted by Crippen LogP contribution is 2.13. The van der Waals surface area contributed by atoms with Crippen LogP contribution < -0.4 is 0 Å². The molecule has 0 aromatic heterocycles. The molecule has 0 amide bonds. The van der Waals surface area contributed by atoms with Gasteiger partial charge in [0.15, 0.2) is 0 Å². The molecule has 0 heterocycles. The number of ether oxygens (including phenoxy) is 1. The normalized spacial score (nSPS) is 10.5. The fourth-order valence-corrected chi connectivity index (χ4v) is 2.33. The molecule has 0 spiro atoms. The third-order valence-corrected chi connectivity index (χ3v) is 3.77. The molecule has 0 unspecified atom stereocenters. The van der Waals surface area contributed by atoms with E-state index in [4.69, 9.17) is 4.74 Å². The number of rotatable bonds is 4. The topological polar surface area (TPSA) is 9.23 Å². The fourth-order valence-electron chi connectivity index (χ4n) is 2.33. The molecule has 0 saturated carbocycles. The number of benzene rings is 2. The van der Waals surface area contributed by atoms with E-state index in [2.05, 4.69) is 82.8 Å². The Morgan fingerprint density at radius 3 is 1.93 bits per heavy atom. The molecular weight excluding hydrogens is 328 g/mol. The Kier molecular flexibility index (Phi) is 12.9. The molecule has 2 rings (SSSR count). The lowest BCUT2D eigenvalue weighted by molar-refractivity contribution is 0.202. The summed E-state index contributed by atoms with van der Waals surface area (Å²) in [5, 5.41) is 0. The number of aryl methyl sites for hydroxylation is 1. The van der Waals surface area contributed by atoms with Gasteiger partial charge in [-0.25, -0.2) is 0 Å². The van der Waals surface area contributed by atoms with E-state index in [-0.39, 0.29) is 0 Å². The third kappa shape index (κ3) is 13.7. The van der Waals surface area contributed by atoms with Crippen LogP contribution in [0.25, 0.3) is 5.57 Å². The smallest absolute Gasteiger partial charge is 0.0502 e. The summed E-state index contributed by atoms with van der Waals surface area (Å²) in [5.41, 5.74) is 5.45. The highest BCUT2D eigenvalue weighted by Gasteiger charge is 2.00. The van der Waals surface area contributed by atoms with Gasteiger partial charge in [-0.1, -0.05) is 99.7 Å². The number of hydrogen-bond donors (Lipinski definition) is 0. The molecule has 2 aromatic carbocycles. The van der Waals surface area contributed by atoms with Crippen molar-refractivity contribution in [3.05, 3.63) is 90.0 Å². The van der Waals surface area contributed by atoms with E-state index in [1.807, 2.05) is 32.0 Å². The van der Waals surface area contributed by atoms with Crippen molar-refractivity contribution in [1.82, 2.24) is 0 Å². The molecule has 0 aliphatic heterocycles. The van der Waals surface area contributed by atoms with Gasteiger partial charge in [-0.05, 0) is 49.3 Å². The predicted octanol–water partition coefficient (Wildman–Crippen LogP) is 7.51.